The van der Waals surface area contributed by atoms with Crippen molar-refractivity contribution in [3.05, 3.63) is 59.2 Å². The fourth-order valence-corrected chi connectivity index (χ4v) is 4.39. The molecule has 6 nitrogen and oxygen atoms in total. The maximum atomic E-state index is 14.8. The van der Waals surface area contributed by atoms with Gasteiger partial charge in [0.1, 0.15) is 11.6 Å². The second-order valence-corrected chi connectivity index (χ2v) is 8.48. The number of benzene rings is 2. The lowest BCUT2D eigenvalue weighted by molar-refractivity contribution is -0.120. The SMILES string of the molecule is [C-]#[N+]c1ccc(N2C(=O)C(C)(C)N(c3ccc(O[C@H]4CCOC4)c(F)c3)C2=S)cc1C. The number of carbonyl (C=O) groups is 1. The summed E-state index contributed by atoms with van der Waals surface area (Å²) < 4.78 is 25.8. The minimum Gasteiger partial charge on any atom is -0.485 e. The Morgan fingerprint density at radius 3 is 2.61 bits per heavy atom. The van der Waals surface area contributed by atoms with Crippen molar-refractivity contribution in [2.75, 3.05) is 23.0 Å². The van der Waals surface area contributed by atoms with E-state index in [2.05, 4.69) is 4.85 Å². The fourth-order valence-electron chi connectivity index (χ4n) is 3.87. The molecular weight excluding hydrogens is 417 g/mol. The van der Waals surface area contributed by atoms with Gasteiger partial charge in [0.2, 0.25) is 0 Å². The van der Waals surface area contributed by atoms with Crippen molar-refractivity contribution in [2.24, 2.45) is 0 Å². The van der Waals surface area contributed by atoms with E-state index in [1.165, 1.54) is 11.0 Å². The molecule has 4 rings (SSSR count). The summed E-state index contributed by atoms with van der Waals surface area (Å²) in [7, 11) is 0. The molecule has 0 radical (unpaired) electrons. The molecule has 2 heterocycles. The predicted molar refractivity (Wildman–Crippen MR) is 120 cm³/mol. The van der Waals surface area contributed by atoms with Gasteiger partial charge in [-0.2, -0.15) is 0 Å². The van der Waals surface area contributed by atoms with Crippen LogP contribution in [0.15, 0.2) is 36.4 Å². The number of rotatable bonds is 4. The van der Waals surface area contributed by atoms with E-state index >= 15 is 0 Å². The summed E-state index contributed by atoms with van der Waals surface area (Å²) in [4.78, 5) is 19.8. The van der Waals surface area contributed by atoms with Gasteiger partial charge in [-0.05, 0) is 62.8 Å². The van der Waals surface area contributed by atoms with Gasteiger partial charge in [0.25, 0.3) is 5.91 Å². The van der Waals surface area contributed by atoms with E-state index in [0.717, 1.165) is 12.0 Å². The third kappa shape index (κ3) is 3.64. The first-order valence-corrected chi connectivity index (χ1v) is 10.4. The summed E-state index contributed by atoms with van der Waals surface area (Å²) in [6, 6.07) is 9.73. The van der Waals surface area contributed by atoms with Crippen molar-refractivity contribution in [1.29, 1.82) is 0 Å². The number of hydrogen-bond donors (Lipinski definition) is 0. The molecule has 0 unspecified atom stereocenters. The molecule has 0 saturated carbocycles. The normalized spacial score (nSPS) is 20.3. The molecule has 2 aromatic rings. The number of amides is 1. The topological polar surface area (TPSA) is 46.4 Å². The van der Waals surface area contributed by atoms with Crippen LogP contribution in [0, 0.1) is 19.3 Å². The van der Waals surface area contributed by atoms with Crippen LogP contribution in [0.25, 0.3) is 4.85 Å². The molecule has 2 aliphatic rings. The number of anilines is 2. The molecule has 8 heteroatoms. The maximum absolute atomic E-state index is 14.8. The molecule has 0 aliphatic carbocycles. The van der Waals surface area contributed by atoms with Crippen LogP contribution in [-0.4, -0.2) is 35.9 Å². The molecule has 160 valence electrons. The lowest BCUT2D eigenvalue weighted by atomic mass is 10.0. The third-order valence-corrected chi connectivity index (χ3v) is 5.95. The van der Waals surface area contributed by atoms with E-state index < -0.39 is 11.4 Å². The van der Waals surface area contributed by atoms with Crippen LogP contribution in [0.5, 0.6) is 5.75 Å². The molecule has 2 fully saturated rings. The lowest BCUT2D eigenvalue weighted by Gasteiger charge is -2.29. The zero-order valence-corrected chi connectivity index (χ0v) is 18.3. The highest BCUT2D eigenvalue weighted by molar-refractivity contribution is 7.81. The van der Waals surface area contributed by atoms with E-state index in [1.807, 2.05) is 6.92 Å². The highest BCUT2D eigenvalue weighted by Gasteiger charge is 2.50. The van der Waals surface area contributed by atoms with Crippen LogP contribution in [0.1, 0.15) is 25.8 Å². The van der Waals surface area contributed by atoms with E-state index in [0.29, 0.717) is 30.3 Å². The standard InChI is InChI=1S/C23H22FN3O3S/c1-14-11-15(5-7-19(14)25-4)26-21(28)23(2,3)27(22(26)31)16-6-8-20(18(24)12-16)30-17-9-10-29-13-17/h5-8,11-12,17H,9-10,13H2,1-3H3/t17-/m0/s1. The van der Waals surface area contributed by atoms with Crippen molar-refractivity contribution in [3.8, 4) is 5.75 Å². The van der Waals surface area contributed by atoms with Crippen molar-refractivity contribution in [1.82, 2.24) is 0 Å². The van der Waals surface area contributed by atoms with Gasteiger partial charge in [-0.3, -0.25) is 9.69 Å². The van der Waals surface area contributed by atoms with Crippen LogP contribution < -0.4 is 14.5 Å². The Morgan fingerprint density at radius 2 is 2.00 bits per heavy atom. The molecule has 0 bridgehead atoms. The van der Waals surface area contributed by atoms with Gasteiger partial charge in [0, 0.05) is 23.9 Å². The highest BCUT2D eigenvalue weighted by atomic mass is 32.1. The van der Waals surface area contributed by atoms with Gasteiger partial charge in [-0.15, -0.1) is 0 Å². The molecule has 0 spiro atoms. The summed E-state index contributed by atoms with van der Waals surface area (Å²) in [5.41, 5.74) is 1.30. The first-order valence-electron chi connectivity index (χ1n) is 9.95. The molecule has 0 N–H and O–H groups in total. The van der Waals surface area contributed by atoms with Crippen molar-refractivity contribution < 1.29 is 18.7 Å². The average Bonchev–Trinajstić information content (AvgIpc) is 3.29. The molecule has 1 amide bonds. The Kier molecular flexibility index (Phi) is 5.42. The average molecular weight is 440 g/mol. The first-order chi connectivity index (χ1) is 14.7. The van der Waals surface area contributed by atoms with E-state index in [9.17, 15) is 9.18 Å². The smallest absolute Gasteiger partial charge is 0.259 e. The van der Waals surface area contributed by atoms with Gasteiger partial charge in [-0.25, -0.2) is 9.24 Å². The summed E-state index contributed by atoms with van der Waals surface area (Å²) in [6.45, 7) is 13.6. The Morgan fingerprint density at radius 1 is 1.26 bits per heavy atom. The highest BCUT2D eigenvalue weighted by Crippen LogP contribution is 2.38. The number of hydrogen-bond acceptors (Lipinski definition) is 4. The summed E-state index contributed by atoms with van der Waals surface area (Å²) in [6.07, 6.45) is 0.558. The minimum absolute atomic E-state index is 0.149. The Hall–Kier alpha value is -3.02. The summed E-state index contributed by atoms with van der Waals surface area (Å²) >= 11 is 5.65. The van der Waals surface area contributed by atoms with Gasteiger partial charge in [-0.1, -0.05) is 6.07 Å². The molecule has 2 aliphatic heterocycles. The Balaban J connectivity index is 1.66. The molecule has 31 heavy (non-hydrogen) atoms. The molecule has 2 aromatic carbocycles. The summed E-state index contributed by atoms with van der Waals surface area (Å²) in [5, 5.41) is 0.252. The number of halogens is 1. The van der Waals surface area contributed by atoms with Crippen molar-refractivity contribution in [2.45, 2.75) is 38.8 Å². The fraction of sp³-hybridized carbons (Fsp3) is 0.348. The number of thiocarbonyl (C=S) groups is 1. The van der Waals surface area contributed by atoms with Crippen LogP contribution in [0.3, 0.4) is 0 Å². The van der Waals surface area contributed by atoms with Gasteiger partial charge in [0.05, 0.1) is 19.8 Å². The number of aryl methyl sites for hydroxylation is 1. The van der Waals surface area contributed by atoms with Gasteiger partial charge in [0.15, 0.2) is 22.4 Å². The van der Waals surface area contributed by atoms with E-state index in [1.54, 1.807) is 49.1 Å². The molecule has 1 atom stereocenters. The third-order valence-electron chi connectivity index (χ3n) is 5.58. The van der Waals surface area contributed by atoms with E-state index in [4.69, 9.17) is 28.3 Å². The van der Waals surface area contributed by atoms with Crippen molar-refractivity contribution in [3.63, 3.8) is 0 Å². The van der Waals surface area contributed by atoms with Crippen LogP contribution in [-0.2, 0) is 9.53 Å². The summed E-state index contributed by atoms with van der Waals surface area (Å²) in [5.74, 6) is -0.599. The predicted octanol–water partition coefficient (Wildman–Crippen LogP) is 4.77. The van der Waals surface area contributed by atoms with Crippen LogP contribution in [0.2, 0.25) is 0 Å². The number of ether oxygens (including phenoxy) is 2. The molecular formula is C23H22FN3O3S. The Labute approximate surface area is 186 Å². The molecule has 2 saturated heterocycles. The largest absolute Gasteiger partial charge is 0.485 e. The minimum atomic E-state index is -1.02. The van der Waals surface area contributed by atoms with Gasteiger partial charge >= 0.3 is 0 Å². The van der Waals surface area contributed by atoms with E-state index in [-0.39, 0.29) is 22.9 Å². The Bertz CT molecular complexity index is 1110. The van der Waals surface area contributed by atoms with Crippen molar-refractivity contribution >= 4 is 40.3 Å². The monoisotopic (exact) mass is 439 g/mol. The number of carbonyl (C=O) groups excluding carboxylic acids is 1. The quantitative estimate of drug-likeness (QED) is 0.507. The zero-order chi connectivity index (χ0) is 22.3. The lowest BCUT2D eigenvalue weighted by Crippen LogP contribution is -2.44. The van der Waals surface area contributed by atoms with Crippen LogP contribution in [0.4, 0.5) is 21.5 Å². The second-order valence-electron chi connectivity index (χ2n) is 8.12. The number of nitrogens with zero attached hydrogens (tertiary/aromatic N) is 3. The zero-order valence-electron chi connectivity index (χ0n) is 17.5. The first kappa shape index (κ1) is 21.2. The maximum Gasteiger partial charge on any atom is 0.259 e. The van der Waals surface area contributed by atoms with Crippen LogP contribution >= 0.6 is 12.2 Å². The molecule has 0 aromatic heterocycles. The second kappa shape index (κ2) is 7.91. The van der Waals surface area contributed by atoms with Gasteiger partial charge < -0.3 is 14.4 Å².